The van der Waals surface area contributed by atoms with Crippen molar-refractivity contribution in [3.05, 3.63) is 56.3 Å². The Morgan fingerprint density at radius 1 is 1.18 bits per heavy atom. The van der Waals surface area contributed by atoms with E-state index in [0.29, 0.717) is 35.5 Å². The number of carbonyl (C=O) groups excluding carboxylic acids is 1. The van der Waals surface area contributed by atoms with Gasteiger partial charge in [0.05, 0.1) is 0 Å². The average Bonchev–Trinajstić information content (AvgIpc) is 2.83. The Labute approximate surface area is 202 Å². The molecule has 3 aromatic rings. The summed E-state index contributed by atoms with van der Waals surface area (Å²) in [5.74, 6) is 0.0113. The van der Waals surface area contributed by atoms with Crippen molar-refractivity contribution in [1.82, 2.24) is 29.3 Å². The number of nitrogens with zero attached hydrogens (tertiary/aromatic N) is 5. The Hall–Kier alpha value is -3.04. The van der Waals surface area contributed by atoms with Crippen LogP contribution in [0.15, 0.2) is 40.1 Å². The fourth-order valence-electron chi connectivity index (χ4n) is 4.39. The van der Waals surface area contributed by atoms with Crippen LogP contribution in [0.3, 0.4) is 0 Å². The van der Waals surface area contributed by atoms with Gasteiger partial charge in [-0.25, -0.2) is 14.8 Å². The predicted octanol–water partition coefficient (Wildman–Crippen LogP) is 2.28. The fraction of sp³-hybridized carbons (Fsp3) is 0.458. The van der Waals surface area contributed by atoms with Gasteiger partial charge in [-0.15, -0.1) is 0 Å². The van der Waals surface area contributed by atoms with Crippen molar-refractivity contribution >= 4 is 28.5 Å². The van der Waals surface area contributed by atoms with Gasteiger partial charge in [0.2, 0.25) is 5.91 Å². The predicted molar refractivity (Wildman–Crippen MR) is 132 cm³/mol. The first-order valence-electron chi connectivity index (χ1n) is 11.7. The first-order valence-corrected chi connectivity index (χ1v) is 12.0. The summed E-state index contributed by atoms with van der Waals surface area (Å²) < 4.78 is 2.34. The molecular weight excluding hydrogens is 456 g/mol. The molecule has 9 nitrogen and oxygen atoms in total. The molecule has 180 valence electrons. The van der Waals surface area contributed by atoms with E-state index in [-0.39, 0.29) is 23.5 Å². The minimum Gasteiger partial charge on any atom is -0.353 e. The van der Waals surface area contributed by atoms with E-state index in [2.05, 4.69) is 27.1 Å². The SMILES string of the molecule is CCn1c(=O)n(CC(=O)NCCN2CCCC[C@@H]2C)c(=O)c2cnc(-c3ccc(Cl)cc3)nc21. The summed E-state index contributed by atoms with van der Waals surface area (Å²) in [7, 11) is 0. The molecule has 1 aliphatic heterocycles. The third-order valence-electron chi connectivity index (χ3n) is 6.34. The number of aromatic nitrogens is 4. The van der Waals surface area contributed by atoms with Crippen LogP contribution < -0.4 is 16.6 Å². The number of fused-ring (bicyclic) bond motifs is 1. The van der Waals surface area contributed by atoms with Gasteiger partial charge in [0.1, 0.15) is 11.9 Å². The maximum Gasteiger partial charge on any atom is 0.333 e. The maximum atomic E-state index is 13.1. The molecule has 0 unspecified atom stereocenters. The molecule has 3 heterocycles. The van der Waals surface area contributed by atoms with Crippen LogP contribution in [0.4, 0.5) is 0 Å². The lowest BCUT2D eigenvalue weighted by Gasteiger charge is -2.33. The van der Waals surface area contributed by atoms with Crippen LogP contribution in [0.25, 0.3) is 22.4 Å². The minimum absolute atomic E-state index is 0.189. The maximum absolute atomic E-state index is 13.1. The highest BCUT2D eigenvalue weighted by Gasteiger charge is 2.19. The zero-order chi connectivity index (χ0) is 24.2. The van der Waals surface area contributed by atoms with Gasteiger partial charge in [0.15, 0.2) is 11.5 Å². The van der Waals surface area contributed by atoms with Gasteiger partial charge in [0.25, 0.3) is 5.56 Å². The molecule has 4 rings (SSSR count). The topological polar surface area (TPSA) is 102 Å². The van der Waals surface area contributed by atoms with Crippen LogP contribution in [0.2, 0.25) is 5.02 Å². The summed E-state index contributed by atoms with van der Waals surface area (Å²) in [6, 6.07) is 7.49. The number of halogens is 1. The van der Waals surface area contributed by atoms with E-state index < -0.39 is 11.2 Å². The van der Waals surface area contributed by atoms with E-state index in [0.717, 1.165) is 17.7 Å². The summed E-state index contributed by atoms with van der Waals surface area (Å²) in [6.07, 6.45) is 4.98. The molecule has 1 fully saturated rings. The van der Waals surface area contributed by atoms with Crippen molar-refractivity contribution in [2.75, 3.05) is 19.6 Å². The largest absolute Gasteiger partial charge is 0.353 e. The molecule has 1 saturated heterocycles. The Morgan fingerprint density at radius 2 is 1.94 bits per heavy atom. The highest BCUT2D eigenvalue weighted by Crippen LogP contribution is 2.19. The highest BCUT2D eigenvalue weighted by molar-refractivity contribution is 6.30. The number of likely N-dealkylation sites (tertiary alicyclic amines) is 1. The Morgan fingerprint density at radius 3 is 2.65 bits per heavy atom. The summed E-state index contributed by atoms with van der Waals surface area (Å²) in [4.78, 5) is 49.9. The minimum atomic E-state index is -0.577. The van der Waals surface area contributed by atoms with E-state index in [1.165, 1.54) is 30.0 Å². The van der Waals surface area contributed by atoms with E-state index in [1.807, 2.05) is 0 Å². The third kappa shape index (κ3) is 5.05. The number of amides is 1. The number of piperidine rings is 1. The molecule has 10 heteroatoms. The van der Waals surface area contributed by atoms with Crippen LogP contribution in [0.5, 0.6) is 0 Å². The summed E-state index contributed by atoms with van der Waals surface area (Å²) in [5.41, 5.74) is -0.186. The van der Waals surface area contributed by atoms with Gasteiger partial charge in [-0.1, -0.05) is 18.0 Å². The lowest BCUT2D eigenvalue weighted by Crippen LogP contribution is -2.46. The number of hydrogen-bond donors (Lipinski definition) is 1. The first-order chi connectivity index (χ1) is 16.4. The van der Waals surface area contributed by atoms with E-state index in [1.54, 1.807) is 31.2 Å². The third-order valence-corrected chi connectivity index (χ3v) is 6.60. The quantitative estimate of drug-likeness (QED) is 0.552. The Kier molecular flexibility index (Phi) is 7.43. The monoisotopic (exact) mass is 484 g/mol. The molecule has 0 spiro atoms. The molecule has 0 radical (unpaired) electrons. The second-order valence-electron chi connectivity index (χ2n) is 8.59. The smallest absolute Gasteiger partial charge is 0.333 e. The van der Waals surface area contributed by atoms with E-state index in [9.17, 15) is 14.4 Å². The van der Waals surface area contributed by atoms with Gasteiger partial charge in [-0.05, 0) is 57.5 Å². The van der Waals surface area contributed by atoms with Crippen LogP contribution in [0.1, 0.15) is 33.1 Å². The number of nitrogens with one attached hydrogen (secondary N) is 1. The molecule has 1 aromatic carbocycles. The van der Waals surface area contributed by atoms with Gasteiger partial charge >= 0.3 is 5.69 Å². The van der Waals surface area contributed by atoms with Crippen molar-refractivity contribution in [1.29, 1.82) is 0 Å². The van der Waals surface area contributed by atoms with Crippen molar-refractivity contribution in [2.24, 2.45) is 0 Å². The summed E-state index contributed by atoms with van der Waals surface area (Å²) >= 11 is 5.95. The van der Waals surface area contributed by atoms with Crippen LogP contribution >= 0.6 is 11.6 Å². The van der Waals surface area contributed by atoms with Crippen LogP contribution in [-0.4, -0.2) is 55.6 Å². The number of benzene rings is 1. The van der Waals surface area contributed by atoms with Crippen molar-refractivity contribution in [2.45, 2.75) is 52.2 Å². The lowest BCUT2D eigenvalue weighted by molar-refractivity contribution is -0.121. The molecule has 1 N–H and O–H groups in total. The van der Waals surface area contributed by atoms with Crippen LogP contribution in [0, 0.1) is 0 Å². The second-order valence-corrected chi connectivity index (χ2v) is 9.02. The number of aryl methyl sites for hydroxylation is 1. The molecule has 1 aliphatic rings. The molecule has 1 atom stereocenters. The van der Waals surface area contributed by atoms with Gasteiger partial charge < -0.3 is 5.32 Å². The molecule has 2 aromatic heterocycles. The Balaban J connectivity index is 1.56. The average molecular weight is 485 g/mol. The molecule has 0 bridgehead atoms. The Bertz CT molecular complexity index is 1300. The summed E-state index contributed by atoms with van der Waals surface area (Å²) in [6.45, 7) is 6.19. The normalized spacial score (nSPS) is 16.6. The summed E-state index contributed by atoms with van der Waals surface area (Å²) in [5, 5.41) is 3.62. The van der Waals surface area contributed by atoms with Crippen molar-refractivity contribution in [3.8, 4) is 11.4 Å². The van der Waals surface area contributed by atoms with Crippen LogP contribution in [-0.2, 0) is 17.9 Å². The number of rotatable bonds is 7. The first kappa shape index (κ1) is 24.1. The van der Waals surface area contributed by atoms with Crippen molar-refractivity contribution in [3.63, 3.8) is 0 Å². The number of hydrogen-bond acceptors (Lipinski definition) is 6. The molecule has 0 saturated carbocycles. The fourth-order valence-corrected chi connectivity index (χ4v) is 4.51. The highest BCUT2D eigenvalue weighted by atomic mass is 35.5. The van der Waals surface area contributed by atoms with E-state index >= 15 is 0 Å². The van der Waals surface area contributed by atoms with Gasteiger partial charge in [0, 0.05) is 42.5 Å². The zero-order valence-corrected chi connectivity index (χ0v) is 20.2. The molecule has 1 amide bonds. The van der Waals surface area contributed by atoms with E-state index in [4.69, 9.17) is 11.6 Å². The van der Waals surface area contributed by atoms with Gasteiger partial charge in [-0.3, -0.25) is 23.6 Å². The van der Waals surface area contributed by atoms with Crippen molar-refractivity contribution < 1.29 is 4.79 Å². The lowest BCUT2D eigenvalue weighted by atomic mass is 10.0. The molecular formula is C24H29ClN6O3. The number of carbonyl (C=O) groups is 1. The molecule has 34 heavy (non-hydrogen) atoms. The second kappa shape index (κ2) is 10.5. The zero-order valence-electron chi connectivity index (χ0n) is 19.5. The molecule has 0 aliphatic carbocycles. The standard InChI is InChI=1S/C24H29ClN6O3/c1-3-30-22-19(14-27-21(28-22)17-7-9-18(25)10-8-17)23(33)31(24(30)34)15-20(32)26-11-13-29-12-5-4-6-16(29)2/h7-10,14,16H,3-6,11-13,15H2,1-2H3,(H,26,32)/t16-/m0/s1. The van der Waals surface area contributed by atoms with Gasteiger partial charge in [-0.2, -0.15) is 0 Å².